The van der Waals surface area contributed by atoms with Crippen molar-refractivity contribution in [2.24, 2.45) is 0 Å². The Kier molecular flexibility index (Phi) is 7.62. The van der Waals surface area contributed by atoms with Crippen molar-refractivity contribution in [3.05, 3.63) is 83.4 Å². The van der Waals surface area contributed by atoms with Crippen molar-refractivity contribution in [2.75, 3.05) is 38.0 Å². The van der Waals surface area contributed by atoms with E-state index in [1.807, 2.05) is 61.3 Å². The average Bonchev–Trinajstić information content (AvgIpc) is 2.83. The fraction of sp³-hybridized carbons (Fsp3) is 0.385. The summed E-state index contributed by atoms with van der Waals surface area (Å²) in [6.45, 7) is 8.04. The Hall–Kier alpha value is -3.32. The Bertz CT molecular complexity index is 1010. The number of rotatable bonds is 8. The number of piperazine rings is 1. The van der Waals surface area contributed by atoms with Gasteiger partial charge in [-0.3, -0.25) is 14.7 Å². The quantitative estimate of drug-likeness (QED) is 0.576. The summed E-state index contributed by atoms with van der Waals surface area (Å²) in [4.78, 5) is 31.3. The Morgan fingerprint density at radius 1 is 0.970 bits per heavy atom. The topological polar surface area (TPSA) is 74.2 Å². The van der Waals surface area contributed by atoms with E-state index >= 15 is 0 Å². The summed E-state index contributed by atoms with van der Waals surface area (Å²) in [5.41, 5.74) is 3.99. The van der Waals surface area contributed by atoms with Crippen LogP contribution in [0.15, 0.2) is 60.8 Å². The summed E-state index contributed by atoms with van der Waals surface area (Å²) in [6.07, 6.45) is 3.36. The molecule has 3 heterocycles. The van der Waals surface area contributed by atoms with E-state index in [0.29, 0.717) is 12.4 Å². The third kappa shape index (κ3) is 6.58. The van der Waals surface area contributed by atoms with Crippen LogP contribution >= 0.6 is 0 Å². The maximum Gasteiger partial charge on any atom is 0.245 e. The van der Waals surface area contributed by atoms with Gasteiger partial charge in [-0.25, -0.2) is 9.97 Å². The molecule has 1 aromatic carbocycles. The lowest BCUT2D eigenvalue weighted by Crippen LogP contribution is -2.53. The monoisotopic (exact) mass is 444 g/mol. The molecule has 172 valence electrons. The van der Waals surface area contributed by atoms with Gasteiger partial charge in [0.1, 0.15) is 6.04 Å². The van der Waals surface area contributed by atoms with Crippen LogP contribution in [0.2, 0.25) is 0 Å². The van der Waals surface area contributed by atoms with Gasteiger partial charge < -0.3 is 10.2 Å². The number of hydrogen-bond acceptors (Lipinski definition) is 6. The maximum absolute atomic E-state index is 13.5. The third-order valence-corrected chi connectivity index (χ3v) is 5.96. The zero-order valence-electron chi connectivity index (χ0n) is 19.4. The summed E-state index contributed by atoms with van der Waals surface area (Å²) >= 11 is 0. The molecule has 7 nitrogen and oxygen atoms in total. The van der Waals surface area contributed by atoms with E-state index < -0.39 is 6.04 Å². The molecule has 2 aromatic heterocycles. The van der Waals surface area contributed by atoms with E-state index in [2.05, 4.69) is 43.4 Å². The molecule has 0 spiro atoms. The Balaban J connectivity index is 1.39. The smallest absolute Gasteiger partial charge is 0.245 e. The van der Waals surface area contributed by atoms with Crippen molar-refractivity contribution in [3.8, 4) is 0 Å². The van der Waals surface area contributed by atoms with Crippen LogP contribution < -0.4 is 5.32 Å². The minimum absolute atomic E-state index is 0.103. The molecular formula is C26H32N6O. The van der Waals surface area contributed by atoms with Crippen LogP contribution in [0.3, 0.4) is 0 Å². The first-order valence-corrected chi connectivity index (χ1v) is 11.6. The zero-order valence-corrected chi connectivity index (χ0v) is 19.4. The highest BCUT2D eigenvalue weighted by molar-refractivity contribution is 5.84. The molecule has 1 fully saturated rings. The number of carbonyl (C=O) groups is 1. The van der Waals surface area contributed by atoms with Gasteiger partial charge >= 0.3 is 0 Å². The van der Waals surface area contributed by atoms with E-state index in [0.717, 1.165) is 61.8 Å². The van der Waals surface area contributed by atoms with E-state index in [9.17, 15) is 4.79 Å². The molecular weight excluding hydrogens is 412 g/mol. The van der Waals surface area contributed by atoms with Gasteiger partial charge in [-0.1, -0.05) is 36.4 Å². The number of carbonyl (C=O) groups excluding carboxylic acids is 1. The standard InChI is InChI=1S/C26H32N6O/c1-20-18-21(2)29-26(28-20)30-24(19-22-8-4-3-5-9-22)25(33)32-16-14-31(15-17-32)13-11-23-10-6-7-12-27-23/h3-10,12,18,24H,11,13-17,19H2,1-2H3,(H,28,29,30)/t24-/m1/s1. The van der Waals surface area contributed by atoms with Crippen molar-refractivity contribution >= 4 is 11.9 Å². The number of aromatic nitrogens is 3. The van der Waals surface area contributed by atoms with Crippen molar-refractivity contribution in [1.82, 2.24) is 24.8 Å². The number of pyridine rings is 1. The average molecular weight is 445 g/mol. The van der Waals surface area contributed by atoms with Crippen molar-refractivity contribution in [2.45, 2.75) is 32.7 Å². The van der Waals surface area contributed by atoms with E-state index in [4.69, 9.17) is 0 Å². The van der Waals surface area contributed by atoms with Crippen molar-refractivity contribution in [3.63, 3.8) is 0 Å². The lowest BCUT2D eigenvalue weighted by atomic mass is 10.0. The lowest BCUT2D eigenvalue weighted by Gasteiger charge is -2.36. The van der Waals surface area contributed by atoms with E-state index in [-0.39, 0.29) is 5.91 Å². The molecule has 0 radical (unpaired) electrons. The van der Waals surface area contributed by atoms with Crippen LogP contribution in [0, 0.1) is 13.8 Å². The molecule has 0 saturated carbocycles. The first-order chi connectivity index (χ1) is 16.1. The summed E-state index contributed by atoms with van der Waals surface area (Å²) in [5, 5.41) is 3.33. The maximum atomic E-state index is 13.5. The molecule has 1 N–H and O–H groups in total. The molecule has 1 saturated heterocycles. The van der Waals surface area contributed by atoms with Crippen molar-refractivity contribution < 1.29 is 4.79 Å². The number of anilines is 1. The molecule has 0 unspecified atom stereocenters. The molecule has 0 bridgehead atoms. The van der Waals surface area contributed by atoms with Crippen LogP contribution in [0.4, 0.5) is 5.95 Å². The molecule has 1 amide bonds. The number of benzene rings is 1. The minimum Gasteiger partial charge on any atom is -0.342 e. The fourth-order valence-electron chi connectivity index (χ4n) is 4.23. The summed E-state index contributed by atoms with van der Waals surface area (Å²) in [7, 11) is 0. The third-order valence-electron chi connectivity index (χ3n) is 5.96. The SMILES string of the molecule is Cc1cc(C)nc(N[C@H](Cc2ccccc2)C(=O)N2CCN(CCc3ccccn3)CC2)n1. The lowest BCUT2D eigenvalue weighted by molar-refractivity contribution is -0.133. The Labute approximate surface area is 195 Å². The first kappa shape index (κ1) is 22.9. The van der Waals surface area contributed by atoms with Gasteiger partial charge in [0, 0.05) is 68.8 Å². The largest absolute Gasteiger partial charge is 0.342 e. The molecule has 33 heavy (non-hydrogen) atoms. The highest BCUT2D eigenvalue weighted by atomic mass is 16.2. The summed E-state index contributed by atoms with van der Waals surface area (Å²) in [5.74, 6) is 0.613. The van der Waals surface area contributed by atoms with Crippen molar-refractivity contribution in [1.29, 1.82) is 0 Å². The molecule has 4 rings (SSSR count). The van der Waals surface area contributed by atoms with Crippen LogP contribution in [-0.4, -0.2) is 69.4 Å². The molecule has 1 aliphatic rings. The fourth-order valence-corrected chi connectivity index (χ4v) is 4.23. The van der Waals surface area contributed by atoms with Gasteiger partial charge in [-0.05, 0) is 37.6 Å². The second-order valence-corrected chi connectivity index (χ2v) is 8.60. The highest BCUT2D eigenvalue weighted by Gasteiger charge is 2.28. The Morgan fingerprint density at radius 3 is 2.33 bits per heavy atom. The van der Waals surface area contributed by atoms with Crippen LogP contribution in [0.25, 0.3) is 0 Å². The highest BCUT2D eigenvalue weighted by Crippen LogP contribution is 2.14. The van der Waals surface area contributed by atoms with Crippen LogP contribution in [-0.2, 0) is 17.6 Å². The molecule has 1 aliphatic heterocycles. The number of nitrogens with zero attached hydrogens (tertiary/aromatic N) is 5. The Morgan fingerprint density at radius 2 is 1.67 bits per heavy atom. The zero-order chi connectivity index (χ0) is 23.0. The van der Waals surface area contributed by atoms with Gasteiger partial charge in [0.05, 0.1) is 0 Å². The van der Waals surface area contributed by atoms with Gasteiger partial charge in [-0.2, -0.15) is 0 Å². The minimum atomic E-state index is -0.409. The van der Waals surface area contributed by atoms with Crippen LogP contribution in [0.5, 0.6) is 0 Å². The molecule has 7 heteroatoms. The first-order valence-electron chi connectivity index (χ1n) is 11.6. The van der Waals surface area contributed by atoms with E-state index in [1.54, 1.807) is 0 Å². The summed E-state index contributed by atoms with van der Waals surface area (Å²) in [6, 6.07) is 17.7. The predicted octanol–water partition coefficient (Wildman–Crippen LogP) is 2.90. The molecule has 0 aliphatic carbocycles. The summed E-state index contributed by atoms with van der Waals surface area (Å²) < 4.78 is 0. The van der Waals surface area contributed by atoms with E-state index in [1.165, 1.54) is 0 Å². The molecule has 3 aromatic rings. The predicted molar refractivity (Wildman–Crippen MR) is 130 cm³/mol. The van der Waals surface area contributed by atoms with Gasteiger partial charge in [-0.15, -0.1) is 0 Å². The van der Waals surface area contributed by atoms with Crippen LogP contribution in [0.1, 0.15) is 22.6 Å². The second-order valence-electron chi connectivity index (χ2n) is 8.60. The normalized spacial score (nSPS) is 15.3. The number of aryl methyl sites for hydroxylation is 2. The number of nitrogens with one attached hydrogen (secondary N) is 1. The number of amides is 1. The molecule has 1 atom stereocenters. The van der Waals surface area contributed by atoms with Gasteiger partial charge in [0.2, 0.25) is 11.9 Å². The second kappa shape index (κ2) is 11.0. The van der Waals surface area contributed by atoms with Gasteiger partial charge in [0.15, 0.2) is 0 Å². The van der Waals surface area contributed by atoms with Gasteiger partial charge in [0.25, 0.3) is 0 Å². The number of hydrogen-bond donors (Lipinski definition) is 1.